The molecule has 2 aliphatic rings. The molecule has 1 atom stereocenters. The summed E-state index contributed by atoms with van der Waals surface area (Å²) in [6.07, 6.45) is 3.72. The molecule has 0 aromatic heterocycles. The largest absolute Gasteiger partial charge is 0.488 e. The van der Waals surface area contributed by atoms with E-state index in [0.717, 1.165) is 18.7 Å². The maximum absolute atomic E-state index is 10.7. The van der Waals surface area contributed by atoms with E-state index >= 15 is 0 Å². The Morgan fingerprint density at radius 1 is 1.37 bits per heavy atom. The summed E-state index contributed by atoms with van der Waals surface area (Å²) >= 11 is 0. The van der Waals surface area contributed by atoms with Crippen LogP contribution < -0.4 is 4.74 Å². The van der Waals surface area contributed by atoms with Gasteiger partial charge in [-0.15, -0.1) is 0 Å². The van der Waals surface area contributed by atoms with E-state index in [9.17, 15) is 4.79 Å². The van der Waals surface area contributed by atoms with E-state index in [0.29, 0.717) is 12.6 Å². The molecule has 1 aliphatic heterocycles. The van der Waals surface area contributed by atoms with Crippen LogP contribution in [0.4, 0.5) is 0 Å². The molecule has 1 saturated carbocycles. The molecule has 1 unspecified atom stereocenters. The van der Waals surface area contributed by atoms with Crippen LogP contribution in [-0.4, -0.2) is 41.2 Å². The minimum Gasteiger partial charge on any atom is -0.488 e. The van der Waals surface area contributed by atoms with Crippen LogP contribution >= 0.6 is 0 Å². The highest BCUT2D eigenvalue weighted by molar-refractivity contribution is 5.66. The van der Waals surface area contributed by atoms with Gasteiger partial charge in [-0.1, -0.05) is 18.2 Å². The third kappa shape index (κ3) is 3.07. The standard InChI is InChI=1S/C15H19NO3/c17-15(18)7-8-16(12-5-6-12)10-13-9-11-3-1-2-4-14(11)19-13/h1-4,12-13H,5-10H2,(H,17,18). The van der Waals surface area contributed by atoms with Gasteiger partial charge in [0.2, 0.25) is 0 Å². The number of aliphatic carboxylic acids is 1. The summed E-state index contributed by atoms with van der Waals surface area (Å²) in [5, 5.41) is 8.81. The number of hydrogen-bond donors (Lipinski definition) is 1. The van der Waals surface area contributed by atoms with Gasteiger partial charge in [0.15, 0.2) is 0 Å². The van der Waals surface area contributed by atoms with Crippen molar-refractivity contribution in [1.29, 1.82) is 0 Å². The third-order valence-corrected chi connectivity index (χ3v) is 3.83. The lowest BCUT2D eigenvalue weighted by Crippen LogP contribution is -2.37. The highest BCUT2D eigenvalue weighted by Gasteiger charge is 2.33. The van der Waals surface area contributed by atoms with Crippen LogP contribution in [0.3, 0.4) is 0 Å². The first kappa shape index (κ1) is 12.5. The van der Waals surface area contributed by atoms with Crippen molar-refractivity contribution >= 4 is 5.97 Å². The van der Waals surface area contributed by atoms with Gasteiger partial charge < -0.3 is 9.84 Å². The smallest absolute Gasteiger partial charge is 0.304 e. The van der Waals surface area contributed by atoms with Crippen molar-refractivity contribution in [2.75, 3.05) is 13.1 Å². The average molecular weight is 261 g/mol. The highest BCUT2D eigenvalue weighted by Crippen LogP contribution is 2.31. The molecule has 4 nitrogen and oxygen atoms in total. The Bertz CT molecular complexity index is 445. The number of rotatable bonds is 6. The minimum absolute atomic E-state index is 0.173. The molecule has 0 spiro atoms. The number of nitrogens with zero attached hydrogens (tertiary/aromatic N) is 1. The topological polar surface area (TPSA) is 49.8 Å². The van der Waals surface area contributed by atoms with Crippen LogP contribution in [0.5, 0.6) is 5.75 Å². The Kier molecular flexibility index (Phi) is 3.42. The van der Waals surface area contributed by atoms with Crippen LogP contribution in [0.2, 0.25) is 0 Å². The average Bonchev–Trinajstić information content (AvgIpc) is 3.14. The van der Waals surface area contributed by atoms with Crippen LogP contribution in [0.15, 0.2) is 24.3 Å². The number of carbonyl (C=O) groups is 1. The molecule has 1 aromatic carbocycles. The molecule has 1 fully saturated rings. The van der Waals surface area contributed by atoms with Gasteiger partial charge in [0, 0.05) is 25.6 Å². The summed E-state index contributed by atoms with van der Waals surface area (Å²) < 4.78 is 5.93. The number of ether oxygens (including phenoxy) is 1. The first-order valence-corrected chi connectivity index (χ1v) is 6.93. The Hall–Kier alpha value is -1.55. The van der Waals surface area contributed by atoms with E-state index in [2.05, 4.69) is 11.0 Å². The summed E-state index contributed by atoms with van der Waals surface area (Å²) in [5.41, 5.74) is 1.27. The molecule has 0 radical (unpaired) electrons. The van der Waals surface area contributed by atoms with Crippen molar-refractivity contribution in [2.24, 2.45) is 0 Å². The summed E-state index contributed by atoms with van der Waals surface area (Å²) in [4.78, 5) is 13.0. The summed E-state index contributed by atoms with van der Waals surface area (Å²) in [7, 11) is 0. The van der Waals surface area contributed by atoms with Crippen LogP contribution in [0, 0.1) is 0 Å². The van der Waals surface area contributed by atoms with Crippen LogP contribution in [0.1, 0.15) is 24.8 Å². The number of para-hydroxylation sites is 1. The summed E-state index contributed by atoms with van der Waals surface area (Å²) in [6.45, 7) is 1.48. The molecule has 1 N–H and O–H groups in total. The molecule has 4 heteroatoms. The molecular formula is C15H19NO3. The van der Waals surface area contributed by atoms with E-state index in [1.165, 1.54) is 18.4 Å². The molecule has 0 amide bonds. The second-order valence-corrected chi connectivity index (χ2v) is 5.42. The van der Waals surface area contributed by atoms with E-state index in [1.807, 2.05) is 18.2 Å². The number of carboxylic acids is 1. The SMILES string of the molecule is O=C(O)CCN(CC1Cc2ccccc2O1)C1CC1. The quantitative estimate of drug-likeness (QED) is 0.850. The van der Waals surface area contributed by atoms with Gasteiger partial charge in [-0.3, -0.25) is 9.69 Å². The van der Waals surface area contributed by atoms with E-state index < -0.39 is 5.97 Å². The molecule has 1 aliphatic carbocycles. The molecule has 102 valence electrons. The molecule has 3 rings (SSSR count). The maximum atomic E-state index is 10.7. The first-order valence-electron chi connectivity index (χ1n) is 6.93. The lowest BCUT2D eigenvalue weighted by Gasteiger charge is -2.24. The van der Waals surface area contributed by atoms with Gasteiger partial charge in [0.05, 0.1) is 6.42 Å². The van der Waals surface area contributed by atoms with Crippen molar-refractivity contribution in [2.45, 2.75) is 37.8 Å². The van der Waals surface area contributed by atoms with E-state index in [1.54, 1.807) is 0 Å². The fraction of sp³-hybridized carbons (Fsp3) is 0.533. The fourth-order valence-corrected chi connectivity index (χ4v) is 2.72. The zero-order valence-electron chi connectivity index (χ0n) is 10.9. The molecule has 0 saturated heterocycles. The number of benzene rings is 1. The predicted molar refractivity (Wildman–Crippen MR) is 71.4 cm³/mol. The normalized spacial score (nSPS) is 21.2. The summed E-state index contributed by atoms with van der Waals surface area (Å²) in [6, 6.07) is 8.71. The zero-order valence-corrected chi connectivity index (χ0v) is 10.9. The van der Waals surface area contributed by atoms with Gasteiger partial charge in [-0.2, -0.15) is 0 Å². The minimum atomic E-state index is -0.721. The van der Waals surface area contributed by atoms with Gasteiger partial charge in [-0.05, 0) is 24.5 Å². The van der Waals surface area contributed by atoms with Gasteiger partial charge >= 0.3 is 5.97 Å². The molecule has 0 bridgehead atoms. The maximum Gasteiger partial charge on any atom is 0.304 e. The van der Waals surface area contributed by atoms with Crippen molar-refractivity contribution < 1.29 is 14.6 Å². The number of hydrogen-bond acceptors (Lipinski definition) is 3. The molecular weight excluding hydrogens is 242 g/mol. The second-order valence-electron chi connectivity index (χ2n) is 5.42. The predicted octanol–water partition coefficient (Wildman–Crippen LogP) is 1.93. The van der Waals surface area contributed by atoms with Gasteiger partial charge in [0.1, 0.15) is 11.9 Å². The Labute approximate surface area is 113 Å². The van der Waals surface area contributed by atoms with E-state index in [4.69, 9.17) is 9.84 Å². The first-order chi connectivity index (χ1) is 9.22. The monoisotopic (exact) mass is 261 g/mol. The lowest BCUT2D eigenvalue weighted by atomic mass is 10.1. The zero-order chi connectivity index (χ0) is 13.2. The molecule has 1 aromatic rings. The summed E-state index contributed by atoms with van der Waals surface area (Å²) in [5.74, 6) is 0.266. The Morgan fingerprint density at radius 2 is 2.16 bits per heavy atom. The molecule has 1 heterocycles. The van der Waals surface area contributed by atoms with Crippen molar-refractivity contribution in [3.63, 3.8) is 0 Å². The van der Waals surface area contributed by atoms with Crippen LogP contribution in [-0.2, 0) is 11.2 Å². The third-order valence-electron chi connectivity index (χ3n) is 3.83. The van der Waals surface area contributed by atoms with Crippen molar-refractivity contribution in [3.8, 4) is 5.75 Å². The van der Waals surface area contributed by atoms with Crippen LogP contribution in [0.25, 0.3) is 0 Å². The van der Waals surface area contributed by atoms with Gasteiger partial charge in [-0.25, -0.2) is 0 Å². The fourth-order valence-electron chi connectivity index (χ4n) is 2.72. The highest BCUT2D eigenvalue weighted by atomic mass is 16.5. The molecule has 19 heavy (non-hydrogen) atoms. The number of fused-ring (bicyclic) bond motifs is 1. The second kappa shape index (κ2) is 5.21. The van der Waals surface area contributed by atoms with Gasteiger partial charge in [0.25, 0.3) is 0 Å². The lowest BCUT2D eigenvalue weighted by molar-refractivity contribution is -0.137. The van der Waals surface area contributed by atoms with E-state index in [-0.39, 0.29) is 12.5 Å². The van der Waals surface area contributed by atoms with Crippen molar-refractivity contribution in [1.82, 2.24) is 4.90 Å². The number of carboxylic acid groups (broad SMARTS) is 1. The Morgan fingerprint density at radius 3 is 2.84 bits per heavy atom. The Balaban J connectivity index is 1.57. The van der Waals surface area contributed by atoms with Crippen molar-refractivity contribution in [3.05, 3.63) is 29.8 Å².